The SMILES string of the molecule is C=C(OC)c1c(-c2ccc3nnn(CC(F)(F)F)c3c2)ccn1N=C(N)N. The molecule has 0 unspecified atom stereocenters. The van der Waals surface area contributed by atoms with Gasteiger partial charge in [0.1, 0.15) is 23.5 Å². The van der Waals surface area contributed by atoms with Gasteiger partial charge in [0.25, 0.3) is 0 Å². The molecule has 2 heterocycles. The van der Waals surface area contributed by atoms with Gasteiger partial charge >= 0.3 is 6.18 Å². The van der Waals surface area contributed by atoms with Crippen LogP contribution in [0, 0.1) is 0 Å². The van der Waals surface area contributed by atoms with Crippen molar-refractivity contribution in [3.05, 3.63) is 42.7 Å². The summed E-state index contributed by atoms with van der Waals surface area (Å²) in [6, 6.07) is 6.55. The lowest BCUT2D eigenvalue weighted by Crippen LogP contribution is -2.24. The van der Waals surface area contributed by atoms with Crippen molar-refractivity contribution in [2.45, 2.75) is 12.7 Å². The molecule has 1 aromatic carbocycles. The summed E-state index contributed by atoms with van der Waals surface area (Å²) in [5.41, 5.74) is 13.1. The number of aromatic nitrogens is 4. The Morgan fingerprint density at radius 1 is 1.30 bits per heavy atom. The summed E-state index contributed by atoms with van der Waals surface area (Å²) < 4.78 is 45.6. The van der Waals surface area contributed by atoms with E-state index in [-0.39, 0.29) is 17.2 Å². The van der Waals surface area contributed by atoms with Gasteiger partial charge < -0.3 is 16.2 Å². The summed E-state index contributed by atoms with van der Waals surface area (Å²) in [5.74, 6) is 0.104. The molecule has 2 aromatic heterocycles. The predicted molar refractivity (Wildman–Crippen MR) is 94.3 cm³/mol. The van der Waals surface area contributed by atoms with Gasteiger partial charge in [-0.05, 0) is 23.8 Å². The summed E-state index contributed by atoms with van der Waals surface area (Å²) in [6.45, 7) is 2.58. The van der Waals surface area contributed by atoms with E-state index in [1.165, 1.54) is 11.8 Å². The maximum atomic E-state index is 12.8. The molecule has 0 amide bonds. The van der Waals surface area contributed by atoms with Gasteiger partial charge in [0.15, 0.2) is 0 Å². The fourth-order valence-corrected chi connectivity index (χ4v) is 2.66. The van der Waals surface area contributed by atoms with Gasteiger partial charge in [0, 0.05) is 11.8 Å². The highest BCUT2D eigenvalue weighted by atomic mass is 19.4. The van der Waals surface area contributed by atoms with Crippen molar-refractivity contribution in [2.75, 3.05) is 7.11 Å². The lowest BCUT2D eigenvalue weighted by Gasteiger charge is -2.11. The number of hydrogen-bond donors (Lipinski definition) is 2. The minimum atomic E-state index is -4.41. The predicted octanol–water partition coefficient (Wildman–Crippen LogP) is 2.12. The number of alkyl halides is 3. The molecule has 0 bridgehead atoms. The summed E-state index contributed by atoms with van der Waals surface area (Å²) in [6.07, 6.45) is -2.83. The minimum absolute atomic E-state index is 0.176. The monoisotopic (exact) mass is 379 g/mol. The van der Waals surface area contributed by atoms with Crippen LogP contribution in [-0.2, 0) is 11.3 Å². The standard InChI is InChI=1S/C16H16F3N7O/c1-9(27-2)14-11(5-6-25(14)23-15(20)21)10-3-4-12-13(7-10)26(24-22-12)8-16(17,18)19/h3-7H,1,8H2,2H3,(H4,20,21,23). The number of guanidine groups is 1. The normalized spacial score (nSPS) is 11.6. The van der Waals surface area contributed by atoms with Gasteiger partial charge in [-0.2, -0.15) is 13.2 Å². The highest BCUT2D eigenvalue weighted by molar-refractivity contribution is 5.85. The number of nitrogens with two attached hydrogens (primary N) is 2. The maximum Gasteiger partial charge on any atom is 0.408 e. The number of halogens is 3. The lowest BCUT2D eigenvalue weighted by molar-refractivity contribution is -0.142. The van der Waals surface area contributed by atoms with Gasteiger partial charge in [-0.3, -0.25) is 0 Å². The van der Waals surface area contributed by atoms with E-state index in [0.29, 0.717) is 22.3 Å². The molecule has 8 nitrogen and oxygen atoms in total. The van der Waals surface area contributed by atoms with Crippen LogP contribution in [0.1, 0.15) is 5.69 Å². The first-order valence-corrected chi connectivity index (χ1v) is 7.64. The summed E-state index contributed by atoms with van der Waals surface area (Å²) in [7, 11) is 1.44. The quantitative estimate of drug-likeness (QED) is 0.401. The number of hydrogen-bond acceptors (Lipinski definition) is 4. The Bertz CT molecular complexity index is 1030. The van der Waals surface area contributed by atoms with E-state index >= 15 is 0 Å². The topological polar surface area (TPSA) is 109 Å². The molecular formula is C16H16F3N7O. The molecule has 0 aliphatic heterocycles. The van der Waals surface area contributed by atoms with Crippen LogP contribution in [0.25, 0.3) is 27.9 Å². The Morgan fingerprint density at radius 3 is 2.67 bits per heavy atom. The smallest absolute Gasteiger partial charge is 0.408 e. The molecule has 0 spiro atoms. The fraction of sp³-hybridized carbons (Fsp3) is 0.188. The van der Waals surface area contributed by atoms with Crippen molar-refractivity contribution >= 4 is 22.8 Å². The molecule has 0 aliphatic carbocycles. The van der Waals surface area contributed by atoms with Gasteiger partial charge in [-0.25, -0.2) is 9.36 Å². The fourth-order valence-electron chi connectivity index (χ4n) is 2.66. The van der Waals surface area contributed by atoms with E-state index in [9.17, 15) is 13.2 Å². The van der Waals surface area contributed by atoms with Crippen LogP contribution < -0.4 is 11.5 Å². The van der Waals surface area contributed by atoms with Crippen molar-refractivity contribution in [1.29, 1.82) is 0 Å². The Hall–Kier alpha value is -3.50. The van der Waals surface area contributed by atoms with E-state index in [1.54, 1.807) is 30.5 Å². The first-order chi connectivity index (χ1) is 12.7. The average Bonchev–Trinajstić information content (AvgIpc) is 3.16. The number of fused-ring (bicyclic) bond motifs is 1. The minimum Gasteiger partial charge on any atom is -0.495 e. The summed E-state index contributed by atoms with van der Waals surface area (Å²) in [5, 5.41) is 11.3. The van der Waals surface area contributed by atoms with E-state index in [2.05, 4.69) is 22.0 Å². The second-order valence-corrected chi connectivity index (χ2v) is 5.64. The third-order valence-electron chi connectivity index (χ3n) is 3.75. The zero-order chi connectivity index (χ0) is 19.8. The first-order valence-electron chi connectivity index (χ1n) is 7.64. The third kappa shape index (κ3) is 3.71. The van der Waals surface area contributed by atoms with Crippen molar-refractivity contribution in [3.8, 4) is 11.1 Å². The van der Waals surface area contributed by atoms with Crippen molar-refractivity contribution in [2.24, 2.45) is 16.6 Å². The zero-order valence-electron chi connectivity index (χ0n) is 14.2. The van der Waals surface area contributed by atoms with Gasteiger partial charge in [0.05, 0.1) is 12.6 Å². The number of nitrogens with zero attached hydrogens (tertiary/aromatic N) is 5. The maximum absolute atomic E-state index is 12.8. The van der Waals surface area contributed by atoms with E-state index in [4.69, 9.17) is 16.2 Å². The largest absolute Gasteiger partial charge is 0.495 e. The van der Waals surface area contributed by atoms with Crippen molar-refractivity contribution in [1.82, 2.24) is 19.7 Å². The van der Waals surface area contributed by atoms with Crippen LogP contribution in [-0.4, -0.2) is 38.9 Å². The van der Waals surface area contributed by atoms with Gasteiger partial charge in [-0.15, -0.1) is 10.2 Å². The third-order valence-corrected chi connectivity index (χ3v) is 3.75. The molecule has 0 aliphatic rings. The average molecular weight is 379 g/mol. The van der Waals surface area contributed by atoms with E-state index < -0.39 is 12.7 Å². The summed E-state index contributed by atoms with van der Waals surface area (Å²) in [4.78, 5) is 0. The Balaban J connectivity index is 2.15. The lowest BCUT2D eigenvalue weighted by atomic mass is 10.0. The van der Waals surface area contributed by atoms with E-state index in [0.717, 1.165) is 4.68 Å². The van der Waals surface area contributed by atoms with Crippen LogP contribution >= 0.6 is 0 Å². The second kappa shape index (κ2) is 6.67. The zero-order valence-corrected chi connectivity index (χ0v) is 14.2. The van der Waals surface area contributed by atoms with Crippen molar-refractivity contribution < 1.29 is 17.9 Å². The molecule has 0 saturated heterocycles. The van der Waals surface area contributed by atoms with Crippen LogP contribution in [0.5, 0.6) is 0 Å². The molecule has 4 N–H and O–H groups in total. The van der Waals surface area contributed by atoms with Crippen LogP contribution in [0.3, 0.4) is 0 Å². The molecular weight excluding hydrogens is 363 g/mol. The van der Waals surface area contributed by atoms with Crippen LogP contribution in [0.15, 0.2) is 42.1 Å². The van der Waals surface area contributed by atoms with Crippen LogP contribution in [0.2, 0.25) is 0 Å². The summed E-state index contributed by atoms with van der Waals surface area (Å²) >= 11 is 0. The van der Waals surface area contributed by atoms with Crippen molar-refractivity contribution in [3.63, 3.8) is 0 Å². The molecule has 0 fully saturated rings. The number of methoxy groups -OCH3 is 1. The molecule has 27 heavy (non-hydrogen) atoms. The Labute approximate surface area is 151 Å². The molecule has 0 radical (unpaired) electrons. The molecule has 0 atom stereocenters. The van der Waals surface area contributed by atoms with E-state index in [1.807, 2.05) is 0 Å². The number of benzene rings is 1. The molecule has 3 rings (SSSR count). The Morgan fingerprint density at radius 2 is 2.04 bits per heavy atom. The van der Waals surface area contributed by atoms with Gasteiger partial charge in [0.2, 0.25) is 5.96 Å². The van der Waals surface area contributed by atoms with Crippen LogP contribution in [0.4, 0.5) is 13.2 Å². The molecule has 142 valence electrons. The highest BCUT2D eigenvalue weighted by Gasteiger charge is 2.29. The number of ether oxygens (including phenoxy) is 1. The second-order valence-electron chi connectivity index (χ2n) is 5.64. The molecule has 0 saturated carbocycles. The highest BCUT2D eigenvalue weighted by Crippen LogP contribution is 2.32. The Kier molecular flexibility index (Phi) is 4.52. The molecule has 11 heteroatoms. The first kappa shape index (κ1) is 18.3. The number of rotatable bonds is 5. The molecule has 3 aromatic rings. The van der Waals surface area contributed by atoms with Gasteiger partial charge in [-0.1, -0.05) is 17.9 Å².